The molecule has 0 unspecified atom stereocenters. The molecule has 4 nitrogen and oxygen atoms in total. The van der Waals surface area contributed by atoms with Gasteiger partial charge in [0.05, 0.1) is 11.1 Å². The molecule has 1 atom stereocenters. The van der Waals surface area contributed by atoms with Crippen LogP contribution in [0.25, 0.3) is 0 Å². The number of amides is 2. The molecule has 0 fully saturated rings. The summed E-state index contributed by atoms with van der Waals surface area (Å²) < 4.78 is 77.4. The van der Waals surface area contributed by atoms with Crippen molar-refractivity contribution in [2.75, 3.05) is 0 Å². The van der Waals surface area contributed by atoms with E-state index >= 15 is 0 Å². The highest BCUT2D eigenvalue weighted by Gasteiger charge is 2.37. The van der Waals surface area contributed by atoms with Crippen LogP contribution in [0.4, 0.5) is 26.3 Å². The molecule has 10 heteroatoms. The second-order valence-electron chi connectivity index (χ2n) is 5.91. The second-order valence-corrected chi connectivity index (χ2v) is 5.91. The molecule has 0 aromatic heterocycles. The minimum absolute atomic E-state index is 0.0764. The van der Waals surface area contributed by atoms with Crippen molar-refractivity contribution >= 4 is 11.8 Å². The van der Waals surface area contributed by atoms with Crippen molar-refractivity contribution in [1.82, 2.24) is 5.32 Å². The van der Waals surface area contributed by atoms with Gasteiger partial charge in [0.2, 0.25) is 5.91 Å². The van der Waals surface area contributed by atoms with Gasteiger partial charge in [0.25, 0.3) is 5.91 Å². The quantitative estimate of drug-likeness (QED) is 0.749. The number of alkyl halides is 6. The first-order valence-electron chi connectivity index (χ1n) is 7.81. The molecule has 2 aromatic rings. The van der Waals surface area contributed by atoms with E-state index in [1.165, 1.54) is 0 Å². The van der Waals surface area contributed by atoms with Crippen LogP contribution in [0.15, 0.2) is 48.5 Å². The van der Waals surface area contributed by atoms with Crippen LogP contribution in [0, 0.1) is 0 Å². The molecule has 0 saturated heterocycles. The summed E-state index contributed by atoms with van der Waals surface area (Å²) in [6.45, 7) is 0. The van der Waals surface area contributed by atoms with Gasteiger partial charge in [-0.15, -0.1) is 0 Å². The maximum Gasteiger partial charge on any atom is 0.416 e. The Bertz CT molecular complexity index is 830. The molecule has 0 aliphatic heterocycles. The molecule has 2 rings (SSSR count). The number of carbonyl (C=O) groups excluding carboxylic acids is 2. The first-order valence-corrected chi connectivity index (χ1v) is 7.81. The van der Waals surface area contributed by atoms with Gasteiger partial charge in [-0.25, -0.2) is 0 Å². The van der Waals surface area contributed by atoms with E-state index in [9.17, 15) is 35.9 Å². The van der Waals surface area contributed by atoms with Gasteiger partial charge < -0.3 is 11.1 Å². The van der Waals surface area contributed by atoms with Gasteiger partial charge >= 0.3 is 12.4 Å². The van der Waals surface area contributed by atoms with Crippen LogP contribution in [0.2, 0.25) is 0 Å². The minimum Gasteiger partial charge on any atom is -0.368 e. The highest BCUT2D eigenvalue weighted by molar-refractivity contribution is 5.97. The van der Waals surface area contributed by atoms with Gasteiger partial charge in [-0.05, 0) is 23.8 Å². The maximum atomic E-state index is 12.9. The summed E-state index contributed by atoms with van der Waals surface area (Å²) in [5.41, 5.74) is 1.63. The first-order chi connectivity index (χ1) is 12.9. The zero-order chi connectivity index (χ0) is 21.1. The zero-order valence-corrected chi connectivity index (χ0v) is 14.1. The fraction of sp³-hybridized carbons (Fsp3) is 0.222. The van der Waals surface area contributed by atoms with Gasteiger partial charge in [0.1, 0.15) is 6.04 Å². The Labute approximate surface area is 155 Å². The molecule has 0 aliphatic carbocycles. The molecule has 0 saturated carbocycles. The van der Waals surface area contributed by atoms with Crippen LogP contribution >= 0.6 is 0 Å². The topological polar surface area (TPSA) is 72.2 Å². The average molecular weight is 404 g/mol. The lowest BCUT2D eigenvalue weighted by atomic mass is 10.0. The average Bonchev–Trinajstić information content (AvgIpc) is 2.60. The van der Waals surface area contributed by atoms with Gasteiger partial charge in [0, 0.05) is 12.0 Å². The standard InChI is InChI=1S/C18H14F6N2O2/c19-17(20,21)12-7-11(8-13(9-12)18(22,23)24)16(28)26-14(15(25)27)6-10-4-2-1-3-5-10/h1-5,7-9,14H,6H2,(H2,25,27)(H,26,28)/t14-/m0/s1. The number of halogens is 6. The summed E-state index contributed by atoms with van der Waals surface area (Å²) in [6.07, 6.45) is -10.3. The fourth-order valence-electron chi connectivity index (χ4n) is 2.40. The lowest BCUT2D eigenvalue weighted by Gasteiger charge is -2.18. The summed E-state index contributed by atoms with van der Waals surface area (Å²) in [6, 6.07) is 7.39. The number of hydrogen-bond acceptors (Lipinski definition) is 2. The highest BCUT2D eigenvalue weighted by atomic mass is 19.4. The number of carbonyl (C=O) groups is 2. The Morgan fingerprint density at radius 2 is 1.39 bits per heavy atom. The Balaban J connectivity index is 2.34. The second kappa shape index (κ2) is 7.91. The highest BCUT2D eigenvalue weighted by Crippen LogP contribution is 2.36. The van der Waals surface area contributed by atoms with Crippen LogP contribution in [-0.4, -0.2) is 17.9 Å². The molecular formula is C18H14F6N2O2. The third-order valence-corrected chi connectivity index (χ3v) is 3.78. The van der Waals surface area contributed by atoms with E-state index in [-0.39, 0.29) is 24.6 Å². The van der Waals surface area contributed by atoms with Crippen LogP contribution in [0.1, 0.15) is 27.0 Å². The van der Waals surface area contributed by atoms with Gasteiger partial charge in [-0.3, -0.25) is 9.59 Å². The summed E-state index contributed by atoms with van der Waals surface area (Å²) in [5.74, 6) is -2.27. The molecule has 0 aliphatic rings. The number of rotatable bonds is 5. The SMILES string of the molecule is NC(=O)[C@H](Cc1ccccc1)NC(=O)c1cc(C(F)(F)F)cc(C(F)(F)F)c1. The molecule has 150 valence electrons. The smallest absolute Gasteiger partial charge is 0.368 e. The van der Waals surface area contributed by atoms with Crippen LogP contribution in [0.5, 0.6) is 0 Å². The molecule has 0 radical (unpaired) electrons. The lowest BCUT2D eigenvalue weighted by molar-refractivity contribution is -0.143. The summed E-state index contributed by atoms with van der Waals surface area (Å²) in [5, 5.41) is 2.09. The number of nitrogens with two attached hydrogens (primary N) is 1. The predicted octanol–water partition coefficient (Wildman–Crippen LogP) is 3.55. The van der Waals surface area contributed by atoms with Crippen LogP contribution < -0.4 is 11.1 Å². The van der Waals surface area contributed by atoms with Gasteiger partial charge in [-0.1, -0.05) is 30.3 Å². The number of nitrogens with one attached hydrogen (secondary N) is 1. The van der Waals surface area contributed by atoms with Crippen LogP contribution in [-0.2, 0) is 23.6 Å². The normalized spacial score (nSPS) is 13.1. The van der Waals surface area contributed by atoms with Crippen molar-refractivity contribution in [1.29, 1.82) is 0 Å². The first kappa shape index (κ1) is 21.3. The monoisotopic (exact) mass is 404 g/mol. The Kier molecular flexibility index (Phi) is 6.01. The predicted molar refractivity (Wildman–Crippen MR) is 87.0 cm³/mol. The van der Waals surface area contributed by atoms with E-state index < -0.39 is 46.9 Å². The Hall–Kier alpha value is -3.04. The number of benzene rings is 2. The molecule has 3 N–H and O–H groups in total. The van der Waals surface area contributed by atoms with Gasteiger partial charge in [0.15, 0.2) is 0 Å². The Morgan fingerprint density at radius 3 is 1.82 bits per heavy atom. The van der Waals surface area contributed by atoms with Crippen LogP contribution in [0.3, 0.4) is 0 Å². The maximum absolute atomic E-state index is 12.9. The van der Waals surface area contributed by atoms with Gasteiger partial charge in [-0.2, -0.15) is 26.3 Å². The Morgan fingerprint density at radius 1 is 0.893 bits per heavy atom. The molecule has 0 spiro atoms. The van der Waals surface area contributed by atoms with Crippen molar-refractivity contribution in [3.63, 3.8) is 0 Å². The third kappa shape index (κ3) is 5.48. The third-order valence-electron chi connectivity index (χ3n) is 3.78. The summed E-state index contributed by atoms with van der Waals surface area (Å²) in [4.78, 5) is 23.8. The summed E-state index contributed by atoms with van der Waals surface area (Å²) >= 11 is 0. The van der Waals surface area contributed by atoms with Crippen molar-refractivity contribution in [3.8, 4) is 0 Å². The molecule has 2 aromatic carbocycles. The van der Waals surface area contributed by atoms with E-state index in [1.807, 2.05) is 0 Å². The lowest BCUT2D eigenvalue weighted by Crippen LogP contribution is -2.46. The minimum atomic E-state index is -5.09. The fourth-order valence-corrected chi connectivity index (χ4v) is 2.40. The van der Waals surface area contributed by atoms with Crippen molar-refractivity contribution < 1.29 is 35.9 Å². The number of hydrogen-bond donors (Lipinski definition) is 2. The molecule has 2 amide bonds. The van der Waals surface area contributed by atoms with E-state index in [4.69, 9.17) is 5.73 Å². The number of primary amides is 1. The molecular weight excluding hydrogens is 390 g/mol. The summed E-state index contributed by atoms with van der Waals surface area (Å²) in [7, 11) is 0. The van der Waals surface area contributed by atoms with E-state index in [2.05, 4.69) is 5.32 Å². The van der Waals surface area contributed by atoms with Crippen molar-refractivity contribution in [2.45, 2.75) is 24.8 Å². The molecule has 28 heavy (non-hydrogen) atoms. The molecule has 0 heterocycles. The van der Waals surface area contributed by atoms with E-state index in [0.717, 1.165) is 0 Å². The molecule has 0 bridgehead atoms. The zero-order valence-electron chi connectivity index (χ0n) is 14.1. The van der Waals surface area contributed by atoms with E-state index in [1.54, 1.807) is 30.3 Å². The van der Waals surface area contributed by atoms with E-state index in [0.29, 0.717) is 5.56 Å². The van der Waals surface area contributed by atoms with Crippen molar-refractivity contribution in [3.05, 3.63) is 70.8 Å². The largest absolute Gasteiger partial charge is 0.416 e. The van der Waals surface area contributed by atoms with Crippen molar-refractivity contribution in [2.24, 2.45) is 5.73 Å².